The maximum Gasteiger partial charge on any atom is 0.106 e. The lowest BCUT2D eigenvalue weighted by Crippen LogP contribution is -2.13. The molecule has 0 atom stereocenters. The Hall–Kier alpha value is -1.23. The second-order valence-corrected chi connectivity index (χ2v) is 4.84. The van der Waals surface area contributed by atoms with Crippen molar-refractivity contribution in [1.82, 2.24) is 10.3 Å². The first-order valence-electron chi connectivity index (χ1n) is 5.79. The van der Waals surface area contributed by atoms with Gasteiger partial charge in [0.2, 0.25) is 0 Å². The highest BCUT2D eigenvalue weighted by atomic mass is 79.9. The fraction of sp³-hybridized carbons (Fsp3) is 0.214. The van der Waals surface area contributed by atoms with Gasteiger partial charge in [0.05, 0.1) is 12.3 Å². The van der Waals surface area contributed by atoms with Crippen LogP contribution >= 0.6 is 15.9 Å². The lowest BCUT2D eigenvalue weighted by atomic mass is 10.1. The molecule has 18 heavy (non-hydrogen) atoms. The van der Waals surface area contributed by atoms with Crippen LogP contribution in [0.2, 0.25) is 0 Å². The highest BCUT2D eigenvalue weighted by Gasteiger charge is 1.97. The molecule has 1 heterocycles. The van der Waals surface area contributed by atoms with Crippen molar-refractivity contribution < 1.29 is 5.11 Å². The van der Waals surface area contributed by atoms with Crippen molar-refractivity contribution in [1.29, 1.82) is 0 Å². The van der Waals surface area contributed by atoms with Gasteiger partial charge >= 0.3 is 0 Å². The van der Waals surface area contributed by atoms with Gasteiger partial charge in [0.25, 0.3) is 0 Å². The lowest BCUT2D eigenvalue weighted by molar-refractivity contribution is 0.282. The van der Waals surface area contributed by atoms with E-state index in [1.807, 2.05) is 42.5 Å². The van der Waals surface area contributed by atoms with Crippen LogP contribution in [0.25, 0.3) is 0 Å². The summed E-state index contributed by atoms with van der Waals surface area (Å²) in [7, 11) is 0. The minimum absolute atomic E-state index is 0.0929. The number of halogens is 1. The van der Waals surface area contributed by atoms with Crippen molar-refractivity contribution in [2.75, 3.05) is 0 Å². The number of benzene rings is 1. The van der Waals surface area contributed by atoms with Crippen LogP contribution in [-0.2, 0) is 19.7 Å². The lowest BCUT2D eigenvalue weighted by Gasteiger charge is -2.05. The maximum absolute atomic E-state index is 8.95. The van der Waals surface area contributed by atoms with E-state index >= 15 is 0 Å². The van der Waals surface area contributed by atoms with Crippen molar-refractivity contribution in [3.8, 4) is 0 Å². The van der Waals surface area contributed by atoms with Crippen LogP contribution in [-0.4, -0.2) is 10.1 Å². The van der Waals surface area contributed by atoms with Gasteiger partial charge in [-0.1, -0.05) is 30.3 Å². The van der Waals surface area contributed by atoms with Crippen LogP contribution in [0.5, 0.6) is 0 Å². The van der Waals surface area contributed by atoms with Gasteiger partial charge in [-0.3, -0.25) is 0 Å². The van der Waals surface area contributed by atoms with Gasteiger partial charge in [-0.15, -0.1) is 0 Å². The Balaban J connectivity index is 1.84. The van der Waals surface area contributed by atoms with Gasteiger partial charge in [-0.25, -0.2) is 4.98 Å². The number of rotatable bonds is 5. The van der Waals surface area contributed by atoms with Crippen LogP contribution in [0.15, 0.2) is 47.1 Å². The van der Waals surface area contributed by atoms with Crippen molar-refractivity contribution in [3.05, 3.63) is 63.9 Å². The van der Waals surface area contributed by atoms with E-state index in [0.29, 0.717) is 0 Å². The van der Waals surface area contributed by atoms with Gasteiger partial charge in [-0.2, -0.15) is 0 Å². The summed E-state index contributed by atoms with van der Waals surface area (Å²) in [6.07, 6.45) is 0. The largest absolute Gasteiger partial charge is 0.392 e. The summed E-state index contributed by atoms with van der Waals surface area (Å²) in [5.41, 5.74) is 3.14. The molecular formula is C14H15BrN2O. The first kappa shape index (κ1) is 13.2. The molecule has 3 nitrogen and oxygen atoms in total. The molecule has 0 bridgehead atoms. The third kappa shape index (κ3) is 3.91. The Bertz CT molecular complexity index is 499. The summed E-state index contributed by atoms with van der Waals surface area (Å²) >= 11 is 3.35. The average molecular weight is 307 g/mol. The number of nitrogens with zero attached hydrogens (tertiary/aromatic N) is 1. The molecule has 0 spiro atoms. The number of hydrogen-bond donors (Lipinski definition) is 2. The molecule has 0 aliphatic heterocycles. The first-order valence-corrected chi connectivity index (χ1v) is 6.58. The molecule has 2 N–H and O–H groups in total. The van der Waals surface area contributed by atoms with E-state index in [4.69, 9.17) is 5.11 Å². The number of nitrogens with one attached hydrogen (secondary N) is 1. The molecule has 0 fully saturated rings. The van der Waals surface area contributed by atoms with Crippen LogP contribution in [0, 0.1) is 0 Å². The Labute approximate surface area is 115 Å². The number of hydrogen-bond acceptors (Lipinski definition) is 3. The highest BCUT2D eigenvalue weighted by Crippen LogP contribution is 2.07. The zero-order chi connectivity index (χ0) is 12.8. The smallest absolute Gasteiger partial charge is 0.106 e. The SMILES string of the molecule is OCc1ccc(CNCc2cccc(Br)n2)cc1. The number of pyridine rings is 1. The number of aliphatic hydroxyl groups excluding tert-OH is 1. The van der Waals surface area contributed by atoms with Gasteiger partial charge in [0.15, 0.2) is 0 Å². The molecule has 0 unspecified atom stereocenters. The molecule has 0 aliphatic carbocycles. The predicted molar refractivity (Wildman–Crippen MR) is 74.8 cm³/mol. The summed E-state index contributed by atoms with van der Waals surface area (Å²) < 4.78 is 0.856. The van der Waals surface area contributed by atoms with E-state index in [1.54, 1.807) is 0 Å². The Kier molecular flexibility index (Phi) is 4.87. The van der Waals surface area contributed by atoms with Gasteiger partial charge < -0.3 is 10.4 Å². The van der Waals surface area contributed by atoms with Crippen molar-refractivity contribution >= 4 is 15.9 Å². The number of aliphatic hydroxyl groups is 1. The topological polar surface area (TPSA) is 45.1 Å². The monoisotopic (exact) mass is 306 g/mol. The molecule has 0 amide bonds. The fourth-order valence-electron chi connectivity index (χ4n) is 1.65. The summed E-state index contributed by atoms with van der Waals surface area (Å²) in [5.74, 6) is 0. The molecule has 2 aromatic rings. The zero-order valence-corrected chi connectivity index (χ0v) is 11.5. The molecule has 2 rings (SSSR count). The van der Waals surface area contributed by atoms with E-state index in [2.05, 4.69) is 26.2 Å². The van der Waals surface area contributed by atoms with Crippen molar-refractivity contribution in [2.45, 2.75) is 19.7 Å². The second kappa shape index (κ2) is 6.64. The molecule has 0 aliphatic rings. The number of aromatic nitrogens is 1. The van der Waals surface area contributed by atoms with E-state index in [9.17, 15) is 0 Å². The Morgan fingerprint density at radius 3 is 2.39 bits per heavy atom. The van der Waals surface area contributed by atoms with E-state index in [-0.39, 0.29) is 6.61 Å². The van der Waals surface area contributed by atoms with Crippen LogP contribution in [0.3, 0.4) is 0 Å². The Morgan fingerprint density at radius 2 is 1.72 bits per heavy atom. The first-order chi connectivity index (χ1) is 8.78. The summed E-state index contributed by atoms with van der Waals surface area (Å²) in [5, 5.41) is 12.3. The molecule has 1 aromatic heterocycles. The third-order valence-corrected chi connectivity index (χ3v) is 3.06. The van der Waals surface area contributed by atoms with E-state index < -0.39 is 0 Å². The van der Waals surface area contributed by atoms with E-state index in [0.717, 1.165) is 29.0 Å². The predicted octanol–water partition coefficient (Wildman–Crippen LogP) is 2.63. The molecule has 0 saturated heterocycles. The third-order valence-electron chi connectivity index (χ3n) is 2.61. The van der Waals surface area contributed by atoms with Gasteiger partial charge in [-0.05, 0) is 39.2 Å². The van der Waals surface area contributed by atoms with Gasteiger partial charge in [0, 0.05) is 13.1 Å². The average Bonchev–Trinajstić information content (AvgIpc) is 2.40. The molecule has 94 valence electrons. The highest BCUT2D eigenvalue weighted by molar-refractivity contribution is 9.10. The minimum atomic E-state index is 0.0929. The second-order valence-electron chi connectivity index (χ2n) is 4.03. The van der Waals surface area contributed by atoms with Crippen LogP contribution < -0.4 is 5.32 Å². The maximum atomic E-state index is 8.95. The molecule has 0 radical (unpaired) electrons. The summed E-state index contributed by atoms with van der Waals surface area (Å²) in [4.78, 5) is 4.35. The minimum Gasteiger partial charge on any atom is -0.392 e. The van der Waals surface area contributed by atoms with Crippen LogP contribution in [0.4, 0.5) is 0 Å². The molecular weight excluding hydrogens is 292 g/mol. The van der Waals surface area contributed by atoms with Gasteiger partial charge in [0.1, 0.15) is 4.60 Å². The zero-order valence-electron chi connectivity index (χ0n) is 9.94. The van der Waals surface area contributed by atoms with Crippen molar-refractivity contribution in [2.24, 2.45) is 0 Å². The quantitative estimate of drug-likeness (QED) is 0.835. The molecule has 4 heteroatoms. The molecule has 1 aromatic carbocycles. The fourth-order valence-corrected chi connectivity index (χ4v) is 2.03. The Morgan fingerprint density at radius 1 is 1.00 bits per heavy atom. The standard InChI is InChI=1S/C14H15BrN2O/c15-14-3-1-2-13(17-14)9-16-8-11-4-6-12(10-18)7-5-11/h1-7,16,18H,8-10H2. The van der Waals surface area contributed by atoms with Crippen LogP contribution in [0.1, 0.15) is 16.8 Å². The summed E-state index contributed by atoms with van der Waals surface area (Å²) in [6.45, 7) is 1.62. The van der Waals surface area contributed by atoms with E-state index in [1.165, 1.54) is 5.56 Å². The van der Waals surface area contributed by atoms with Crippen molar-refractivity contribution in [3.63, 3.8) is 0 Å². The summed E-state index contributed by atoms with van der Waals surface area (Å²) in [6, 6.07) is 13.8. The molecule has 0 saturated carbocycles. The normalized spacial score (nSPS) is 10.6.